The molecule has 28 heavy (non-hydrogen) atoms. The molecular weight excluding hydrogens is 367 g/mol. The molecule has 2 aliphatic heterocycles. The zero-order valence-corrected chi connectivity index (χ0v) is 15.4. The molecule has 2 heterocycles. The van der Waals surface area contributed by atoms with Crippen molar-refractivity contribution >= 4 is 23.2 Å². The van der Waals surface area contributed by atoms with E-state index in [0.29, 0.717) is 22.7 Å². The Morgan fingerprint density at radius 3 is 2.25 bits per heavy atom. The smallest absolute Gasteiger partial charge is 0.263 e. The number of carbonyl (C=O) groups excluding carboxylic acids is 2. The first kappa shape index (κ1) is 17.9. The van der Waals surface area contributed by atoms with Gasteiger partial charge in [-0.2, -0.15) is 5.11 Å². The highest BCUT2D eigenvalue weighted by Gasteiger charge is 2.55. The van der Waals surface area contributed by atoms with Gasteiger partial charge in [0.05, 0.1) is 25.6 Å². The molecule has 2 aromatic carbocycles. The first-order valence-electron chi connectivity index (χ1n) is 8.51. The lowest BCUT2D eigenvalue weighted by atomic mass is 10.1. The van der Waals surface area contributed by atoms with Crippen LogP contribution in [0.2, 0.25) is 0 Å². The minimum atomic E-state index is -0.992. The van der Waals surface area contributed by atoms with Crippen molar-refractivity contribution in [3.05, 3.63) is 47.8 Å². The van der Waals surface area contributed by atoms with E-state index in [1.54, 1.807) is 25.1 Å². The van der Waals surface area contributed by atoms with Crippen molar-refractivity contribution in [2.24, 2.45) is 10.3 Å². The van der Waals surface area contributed by atoms with Crippen molar-refractivity contribution in [3.8, 4) is 11.5 Å². The van der Waals surface area contributed by atoms with E-state index in [1.165, 1.54) is 37.4 Å². The summed E-state index contributed by atoms with van der Waals surface area (Å²) in [4.78, 5) is 26.8. The summed E-state index contributed by atoms with van der Waals surface area (Å²) in [5, 5.41) is 9.35. The fourth-order valence-electron chi connectivity index (χ4n) is 3.27. The van der Waals surface area contributed by atoms with E-state index in [0.717, 1.165) is 4.90 Å². The van der Waals surface area contributed by atoms with Crippen molar-refractivity contribution in [2.45, 2.75) is 19.0 Å². The quantitative estimate of drug-likeness (QED) is 0.757. The summed E-state index contributed by atoms with van der Waals surface area (Å²) in [6.07, 6.45) is 0. The van der Waals surface area contributed by atoms with E-state index in [-0.39, 0.29) is 5.69 Å². The molecule has 1 fully saturated rings. The molecule has 8 nitrogen and oxygen atoms in total. The van der Waals surface area contributed by atoms with Gasteiger partial charge in [0.2, 0.25) is 0 Å². The molecule has 2 atom stereocenters. The van der Waals surface area contributed by atoms with E-state index in [2.05, 4.69) is 10.3 Å². The molecular formula is C19H17FN4O4. The minimum absolute atomic E-state index is 0.172. The highest BCUT2D eigenvalue weighted by molar-refractivity contribution is 6.26. The van der Waals surface area contributed by atoms with Crippen molar-refractivity contribution < 1.29 is 23.5 Å². The summed E-state index contributed by atoms with van der Waals surface area (Å²) in [5.41, 5.74) is 1.09. The molecule has 0 spiro atoms. The third-order valence-corrected chi connectivity index (χ3v) is 4.80. The van der Waals surface area contributed by atoms with Gasteiger partial charge in [-0.15, -0.1) is 0 Å². The molecule has 2 amide bonds. The van der Waals surface area contributed by atoms with Gasteiger partial charge in [0.15, 0.2) is 12.1 Å². The SMILES string of the molecule is COc1cc(OC)cc(N2N=N[C@H]3C(=O)N(c4ccc(C)c(F)c4)C(=O)[C@@H]32)c1. The summed E-state index contributed by atoms with van der Waals surface area (Å²) < 4.78 is 24.5. The van der Waals surface area contributed by atoms with Gasteiger partial charge in [-0.3, -0.25) is 9.59 Å². The molecule has 2 aliphatic rings. The van der Waals surface area contributed by atoms with Gasteiger partial charge in [0.1, 0.15) is 17.3 Å². The first-order valence-corrected chi connectivity index (χ1v) is 8.51. The Kier molecular flexibility index (Phi) is 4.21. The summed E-state index contributed by atoms with van der Waals surface area (Å²) in [5.74, 6) is -0.556. The zero-order valence-electron chi connectivity index (χ0n) is 15.4. The number of carbonyl (C=O) groups is 2. The summed E-state index contributed by atoms with van der Waals surface area (Å²) >= 11 is 0. The highest BCUT2D eigenvalue weighted by atomic mass is 19.1. The van der Waals surface area contributed by atoms with Crippen LogP contribution in [0.1, 0.15) is 5.56 Å². The molecule has 0 unspecified atom stereocenters. The number of imide groups is 1. The van der Waals surface area contributed by atoms with Gasteiger partial charge in [0.25, 0.3) is 11.8 Å². The second-order valence-corrected chi connectivity index (χ2v) is 6.46. The minimum Gasteiger partial charge on any atom is -0.497 e. The molecule has 0 saturated carbocycles. The molecule has 0 N–H and O–H groups in total. The maximum atomic E-state index is 14.0. The second kappa shape index (κ2) is 6.59. The number of methoxy groups -OCH3 is 2. The van der Waals surface area contributed by atoms with E-state index in [4.69, 9.17) is 9.47 Å². The number of amides is 2. The Balaban J connectivity index is 1.71. The lowest BCUT2D eigenvalue weighted by Crippen LogP contribution is -2.40. The predicted molar refractivity (Wildman–Crippen MR) is 98.1 cm³/mol. The van der Waals surface area contributed by atoms with Crippen LogP contribution in [0.5, 0.6) is 11.5 Å². The Labute approximate surface area is 160 Å². The van der Waals surface area contributed by atoms with Crippen LogP contribution in [0.15, 0.2) is 46.7 Å². The van der Waals surface area contributed by atoms with Gasteiger partial charge >= 0.3 is 0 Å². The Hall–Kier alpha value is -3.49. The molecule has 0 aliphatic carbocycles. The maximum absolute atomic E-state index is 14.0. The molecule has 9 heteroatoms. The molecule has 1 saturated heterocycles. The second-order valence-electron chi connectivity index (χ2n) is 6.46. The number of ether oxygens (including phenoxy) is 2. The maximum Gasteiger partial charge on any atom is 0.263 e. The lowest BCUT2D eigenvalue weighted by molar-refractivity contribution is -0.121. The monoisotopic (exact) mass is 384 g/mol. The average Bonchev–Trinajstić information content (AvgIpc) is 3.24. The Morgan fingerprint density at radius 2 is 1.64 bits per heavy atom. The van der Waals surface area contributed by atoms with Gasteiger partial charge in [0, 0.05) is 18.2 Å². The van der Waals surface area contributed by atoms with Gasteiger partial charge < -0.3 is 9.47 Å². The normalized spacial score (nSPS) is 20.7. The molecule has 4 rings (SSSR count). The number of halogens is 1. The van der Waals surface area contributed by atoms with Crippen molar-refractivity contribution in [1.82, 2.24) is 0 Å². The number of hydrogen-bond acceptors (Lipinski definition) is 7. The predicted octanol–water partition coefficient (Wildman–Crippen LogP) is 2.65. The van der Waals surface area contributed by atoms with Crippen LogP contribution in [-0.2, 0) is 9.59 Å². The van der Waals surface area contributed by atoms with E-state index < -0.39 is 29.7 Å². The van der Waals surface area contributed by atoms with E-state index in [1.807, 2.05) is 0 Å². The van der Waals surface area contributed by atoms with Crippen molar-refractivity contribution in [3.63, 3.8) is 0 Å². The fraction of sp³-hybridized carbons (Fsp3) is 0.263. The van der Waals surface area contributed by atoms with Crippen LogP contribution in [-0.4, -0.2) is 38.1 Å². The third kappa shape index (κ3) is 2.67. The summed E-state index contributed by atoms with van der Waals surface area (Å²) in [6, 6.07) is 7.28. The van der Waals surface area contributed by atoms with Crippen LogP contribution >= 0.6 is 0 Å². The highest BCUT2D eigenvalue weighted by Crippen LogP contribution is 2.37. The number of anilines is 2. The van der Waals surface area contributed by atoms with Crippen LogP contribution in [0, 0.1) is 12.7 Å². The fourth-order valence-corrected chi connectivity index (χ4v) is 3.27. The zero-order chi connectivity index (χ0) is 20.0. The number of aryl methyl sites for hydroxylation is 1. The van der Waals surface area contributed by atoms with Gasteiger partial charge in [-0.25, -0.2) is 14.3 Å². The lowest BCUT2D eigenvalue weighted by Gasteiger charge is -2.21. The summed E-state index contributed by atoms with van der Waals surface area (Å²) in [7, 11) is 3.01. The van der Waals surface area contributed by atoms with Gasteiger partial charge in [-0.05, 0) is 24.6 Å². The van der Waals surface area contributed by atoms with Gasteiger partial charge in [-0.1, -0.05) is 11.3 Å². The average molecular weight is 384 g/mol. The number of nitrogens with zero attached hydrogens (tertiary/aromatic N) is 4. The molecule has 0 aromatic heterocycles. The third-order valence-electron chi connectivity index (χ3n) is 4.80. The Morgan fingerprint density at radius 1 is 0.964 bits per heavy atom. The topological polar surface area (TPSA) is 83.8 Å². The number of benzene rings is 2. The number of hydrogen-bond donors (Lipinski definition) is 0. The number of rotatable bonds is 4. The van der Waals surface area contributed by atoms with Crippen LogP contribution in [0.4, 0.5) is 15.8 Å². The standard InChI is InChI=1S/C19H17FN4O4/c1-10-4-5-11(8-15(10)20)23-18(25)16-17(19(23)26)24(22-21-16)12-6-13(27-2)9-14(7-12)28-3/h4-9,16-17H,1-3H3/t16-,17-/m1/s1. The van der Waals surface area contributed by atoms with Crippen LogP contribution in [0.3, 0.4) is 0 Å². The molecule has 144 valence electrons. The molecule has 0 radical (unpaired) electrons. The summed E-state index contributed by atoms with van der Waals surface area (Å²) in [6.45, 7) is 1.60. The number of fused-ring (bicyclic) bond motifs is 1. The molecule has 0 bridgehead atoms. The first-order chi connectivity index (χ1) is 13.4. The van der Waals surface area contributed by atoms with Crippen molar-refractivity contribution in [1.29, 1.82) is 0 Å². The molecule has 2 aromatic rings. The van der Waals surface area contributed by atoms with Crippen LogP contribution < -0.4 is 19.4 Å². The van der Waals surface area contributed by atoms with E-state index in [9.17, 15) is 14.0 Å². The Bertz CT molecular complexity index is 987. The van der Waals surface area contributed by atoms with Crippen molar-refractivity contribution in [2.75, 3.05) is 24.1 Å². The largest absolute Gasteiger partial charge is 0.497 e. The van der Waals surface area contributed by atoms with Crippen LogP contribution in [0.25, 0.3) is 0 Å². The van der Waals surface area contributed by atoms with E-state index >= 15 is 0 Å².